The number of benzene rings is 1. The van der Waals surface area contributed by atoms with Gasteiger partial charge < -0.3 is 15.2 Å². The molecule has 2 N–H and O–H groups in total. The number of ether oxygens (including phenoxy) is 2. The highest BCUT2D eigenvalue weighted by Crippen LogP contribution is 2.33. The van der Waals surface area contributed by atoms with E-state index in [1.54, 1.807) is 30.3 Å². The van der Waals surface area contributed by atoms with E-state index in [2.05, 4.69) is 19.8 Å². The van der Waals surface area contributed by atoms with Crippen molar-refractivity contribution in [2.45, 2.75) is 25.6 Å². The lowest BCUT2D eigenvalue weighted by molar-refractivity contribution is -0.145. The number of nitrogens with zero attached hydrogens (tertiary/aromatic N) is 3. The van der Waals surface area contributed by atoms with Gasteiger partial charge in [0.2, 0.25) is 5.69 Å². The van der Waals surface area contributed by atoms with Crippen LogP contribution >= 0.6 is 0 Å². The van der Waals surface area contributed by atoms with Gasteiger partial charge in [-0.1, -0.05) is 35.5 Å². The average molecular weight is 386 g/mol. The highest BCUT2D eigenvalue weighted by Gasteiger charge is 2.43. The zero-order valence-electron chi connectivity index (χ0n) is 14.3. The van der Waals surface area contributed by atoms with Crippen molar-refractivity contribution in [1.82, 2.24) is 15.0 Å². The summed E-state index contributed by atoms with van der Waals surface area (Å²) in [4.78, 5) is 22.8. The van der Waals surface area contributed by atoms with Crippen molar-refractivity contribution in [3.05, 3.63) is 47.3 Å². The normalized spacial score (nSPS) is 12.4. The number of rotatable bonds is 7. The predicted molar refractivity (Wildman–Crippen MR) is 85.7 cm³/mol. The third-order valence-electron chi connectivity index (χ3n) is 3.51. The maximum absolute atomic E-state index is 13.6. The Morgan fingerprint density at radius 3 is 2.44 bits per heavy atom. The molecule has 0 aliphatic carbocycles. The molecule has 0 radical (unpaired) electrons. The van der Waals surface area contributed by atoms with E-state index in [1.807, 2.05) is 0 Å². The second kappa shape index (κ2) is 8.52. The van der Waals surface area contributed by atoms with E-state index in [4.69, 9.17) is 5.73 Å². The molecule has 2 aromatic rings. The lowest BCUT2D eigenvalue weighted by atomic mass is 10.1. The molecule has 0 saturated carbocycles. The third kappa shape index (κ3) is 5.19. The molecule has 11 heteroatoms. The van der Waals surface area contributed by atoms with E-state index in [-0.39, 0.29) is 13.0 Å². The van der Waals surface area contributed by atoms with Crippen molar-refractivity contribution in [2.75, 3.05) is 13.2 Å². The molecule has 0 fully saturated rings. The van der Waals surface area contributed by atoms with Crippen LogP contribution in [0.25, 0.3) is 0 Å². The Labute approximate surface area is 152 Å². The van der Waals surface area contributed by atoms with Crippen LogP contribution in [0.3, 0.4) is 0 Å². The van der Waals surface area contributed by atoms with E-state index in [0.717, 1.165) is 0 Å². The molecule has 0 saturated heterocycles. The van der Waals surface area contributed by atoms with Gasteiger partial charge >= 0.3 is 18.2 Å². The largest absolute Gasteiger partial charge is 0.461 e. The van der Waals surface area contributed by atoms with Gasteiger partial charge in [-0.15, -0.1) is 5.10 Å². The number of esters is 1. The number of amides is 1. The highest BCUT2D eigenvalue weighted by molar-refractivity contribution is 5.88. The molecule has 1 aromatic heterocycles. The summed E-state index contributed by atoms with van der Waals surface area (Å²) in [7, 11) is 0. The Morgan fingerprint density at radius 2 is 1.89 bits per heavy atom. The topological polar surface area (TPSA) is 109 Å². The summed E-state index contributed by atoms with van der Waals surface area (Å²) in [5.41, 5.74) is 3.25. The minimum absolute atomic E-state index is 0.0306. The fraction of sp³-hybridized carbons (Fsp3) is 0.375. The van der Waals surface area contributed by atoms with Crippen LogP contribution in [0.5, 0.6) is 0 Å². The Morgan fingerprint density at radius 1 is 1.22 bits per heavy atom. The van der Waals surface area contributed by atoms with Crippen molar-refractivity contribution >= 4 is 12.1 Å². The van der Waals surface area contributed by atoms with Gasteiger partial charge in [0.1, 0.15) is 6.61 Å². The molecular weight excluding hydrogens is 369 g/mol. The van der Waals surface area contributed by atoms with Crippen LogP contribution in [0.4, 0.5) is 18.0 Å². The summed E-state index contributed by atoms with van der Waals surface area (Å²) >= 11 is 0. The van der Waals surface area contributed by atoms with Crippen molar-refractivity contribution in [3.63, 3.8) is 0 Å². The van der Waals surface area contributed by atoms with Crippen molar-refractivity contribution < 1.29 is 32.2 Å². The monoisotopic (exact) mass is 386 g/mol. The molecule has 0 aliphatic heterocycles. The van der Waals surface area contributed by atoms with Gasteiger partial charge in [0.15, 0.2) is 5.69 Å². The molecule has 27 heavy (non-hydrogen) atoms. The molecule has 8 nitrogen and oxygen atoms in total. The number of halogens is 3. The number of primary amides is 1. The molecule has 2 rings (SSSR count). The number of carbonyl (C=O) groups is 2. The maximum atomic E-state index is 13.6. The summed E-state index contributed by atoms with van der Waals surface area (Å²) < 4.78 is 50.6. The van der Waals surface area contributed by atoms with Gasteiger partial charge in [-0.25, -0.2) is 14.3 Å². The molecule has 0 bridgehead atoms. The number of hydrogen-bond acceptors (Lipinski definition) is 6. The minimum Gasteiger partial charge on any atom is -0.461 e. The van der Waals surface area contributed by atoms with E-state index >= 15 is 0 Å². The first kappa shape index (κ1) is 20.2. The highest BCUT2D eigenvalue weighted by atomic mass is 19.4. The lowest BCUT2D eigenvalue weighted by Gasteiger charge is -2.20. The Kier molecular flexibility index (Phi) is 6.37. The zero-order valence-corrected chi connectivity index (χ0v) is 14.3. The first-order valence-electron chi connectivity index (χ1n) is 7.89. The SMILES string of the molecule is CCOC(=O)c1nnn(C(COC(N)=O)Cc2ccccc2)c1C(F)(F)F. The Balaban J connectivity index is 2.46. The van der Waals surface area contributed by atoms with Crippen molar-refractivity contribution in [2.24, 2.45) is 5.73 Å². The first-order valence-corrected chi connectivity index (χ1v) is 7.89. The van der Waals surface area contributed by atoms with Gasteiger partial charge in [-0.05, 0) is 18.9 Å². The van der Waals surface area contributed by atoms with Gasteiger partial charge in [-0.3, -0.25) is 0 Å². The Hall–Kier alpha value is -3.11. The first-order chi connectivity index (χ1) is 12.7. The third-order valence-corrected chi connectivity index (χ3v) is 3.51. The molecule has 1 unspecified atom stereocenters. The fourth-order valence-corrected chi connectivity index (χ4v) is 2.43. The van der Waals surface area contributed by atoms with Gasteiger partial charge in [0.25, 0.3) is 0 Å². The lowest BCUT2D eigenvalue weighted by Crippen LogP contribution is -2.28. The van der Waals surface area contributed by atoms with Crippen LogP contribution in [0.15, 0.2) is 30.3 Å². The van der Waals surface area contributed by atoms with E-state index < -0.39 is 42.3 Å². The van der Waals surface area contributed by atoms with E-state index in [0.29, 0.717) is 10.2 Å². The summed E-state index contributed by atoms with van der Waals surface area (Å²) in [6, 6.07) is 7.44. The summed E-state index contributed by atoms with van der Waals surface area (Å²) in [6.45, 7) is 0.842. The van der Waals surface area contributed by atoms with Crippen LogP contribution in [0, 0.1) is 0 Å². The maximum Gasteiger partial charge on any atom is 0.435 e. The quantitative estimate of drug-likeness (QED) is 0.732. The molecule has 146 valence electrons. The van der Waals surface area contributed by atoms with E-state index in [1.165, 1.54) is 6.92 Å². The van der Waals surface area contributed by atoms with Crippen molar-refractivity contribution in [1.29, 1.82) is 0 Å². The number of nitrogens with two attached hydrogens (primary N) is 1. The molecule has 1 aromatic carbocycles. The van der Waals surface area contributed by atoms with Crippen LogP contribution in [0.2, 0.25) is 0 Å². The summed E-state index contributed by atoms with van der Waals surface area (Å²) in [5, 5.41) is 6.81. The molecule has 1 atom stereocenters. The number of hydrogen-bond donors (Lipinski definition) is 1. The molecule has 0 spiro atoms. The smallest absolute Gasteiger partial charge is 0.435 e. The molecule has 1 heterocycles. The Bertz CT molecular complexity index is 793. The minimum atomic E-state index is -4.94. The second-order valence-electron chi connectivity index (χ2n) is 5.42. The van der Waals surface area contributed by atoms with Crippen molar-refractivity contribution in [3.8, 4) is 0 Å². The molecule has 0 aliphatic rings. The summed E-state index contributed by atoms with van der Waals surface area (Å²) in [6.07, 6.45) is -6.05. The fourth-order valence-electron chi connectivity index (χ4n) is 2.43. The number of carbonyl (C=O) groups excluding carboxylic acids is 2. The van der Waals surface area contributed by atoms with Gasteiger partial charge in [0.05, 0.1) is 12.6 Å². The standard InChI is InChI=1S/C16H17F3N4O4/c1-2-26-14(24)12-13(16(17,18)19)23(22-21-12)11(9-27-15(20)25)8-10-6-4-3-5-7-10/h3-7,11H,2,8-9H2,1H3,(H2,20,25). The summed E-state index contributed by atoms with van der Waals surface area (Å²) in [5.74, 6) is -1.25. The van der Waals surface area contributed by atoms with Crippen LogP contribution in [0.1, 0.15) is 34.7 Å². The number of aromatic nitrogens is 3. The predicted octanol–water partition coefficient (Wildman–Crippen LogP) is 2.35. The van der Waals surface area contributed by atoms with Gasteiger partial charge in [0, 0.05) is 0 Å². The van der Waals surface area contributed by atoms with Gasteiger partial charge in [-0.2, -0.15) is 13.2 Å². The second-order valence-corrected chi connectivity index (χ2v) is 5.42. The zero-order chi connectivity index (χ0) is 20.0. The van der Waals surface area contributed by atoms with Crippen LogP contribution in [-0.2, 0) is 22.1 Å². The average Bonchev–Trinajstić information content (AvgIpc) is 3.05. The van der Waals surface area contributed by atoms with Crippen LogP contribution < -0.4 is 5.73 Å². The molecular formula is C16H17F3N4O4. The molecule has 1 amide bonds. The number of alkyl halides is 3. The van der Waals surface area contributed by atoms with Crippen LogP contribution in [-0.4, -0.2) is 40.3 Å². The van der Waals surface area contributed by atoms with E-state index in [9.17, 15) is 22.8 Å².